The zero-order chi connectivity index (χ0) is 20.1. The normalized spacial score (nSPS) is 18.9. The van der Waals surface area contributed by atoms with Crippen LogP contribution in [-0.4, -0.2) is 63.6 Å². The molecule has 0 spiro atoms. The van der Waals surface area contributed by atoms with Crippen LogP contribution in [0.25, 0.3) is 0 Å². The van der Waals surface area contributed by atoms with E-state index in [4.69, 9.17) is 9.47 Å². The average molecular weight is 398 g/mol. The number of hydrogen-bond donors (Lipinski definition) is 1. The molecule has 0 amide bonds. The van der Waals surface area contributed by atoms with Crippen molar-refractivity contribution >= 4 is 15.8 Å². The average Bonchev–Trinajstić information content (AvgIpc) is 2.63. The first-order chi connectivity index (χ1) is 12.7. The van der Waals surface area contributed by atoms with Crippen molar-refractivity contribution in [1.82, 2.24) is 10.2 Å². The lowest BCUT2D eigenvalue weighted by atomic mass is 10.2. The molecule has 152 valence electrons. The van der Waals surface area contributed by atoms with Crippen molar-refractivity contribution in [3.63, 3.8) is 0 Å². The van der Waals surface area contributed by atoms with Crippen LogP contribution in [-0.2, 0) is 16.4 Å². The van der Waals surface area contributed by atoms with E-state index in [1.807, 2.05) is 23.1 Å². The van der Waals surface area contributed by atoms with Crippen molar-refractivity contribution < 1.29 is 17.9 Å². The van der Waals surface area contributed by atoms with E-state index in [0.717, 1.165) is 17.7 Å². The summed E-state index contributed by atoms with van der Waals surface area (Å²) in [5, 5.41) is 3.32. The molecule has 1 N–H and O–H groups in total. The van der Waals surface area contributed by atoms with Crippen LogP contribution < -0.4 is 14.8 Å². The second kappa shape index (κ2) is 8.82. The molecule has 1 aliphatic heterocycles. The third-order valence-electron chi connectivity index (χ3n) is 4.70. The third kappa shape index (κ3) is 5.06. The number of guanidine groups is 1. The molecule has 0 bridgehead atoms. The van der Waals surface area contributed by atoms with E-state index in [1.165, 1.54) is 0 Å². The molecule has 1 aliphatic rings. The van der Waals surface area contributed by atoms with Crippen LogP contribution in [0.1, 0.15) is 32.8 Å². The lowest BCUT2D eigenvalue weighted by Crippen LogP contribution is -2.57. The van der Waals surface area contributed by atoms with E-state index >= 15 is 0 Å². The highest BCUT2D eigenvalue weighted by molar-refractivity contribution is 7.92. The number of sulfone groups is 1. The molecule has 0 aromatic heterocycles. The lowest BCUT2D eigenvalue weighted by Gasteiger charge is -2.39. The molecule has 1 aromatic rings. The molecular weight excluding hydrogens is 366 g/mol. The maximum atomic E-state index is 12.2. The maximum Gasteiger partial charge on any atom is 0.193 e. The predicted octanol–water partition coefficient (Wildman–Crippen LogP) is 2.07. The summed E-state index contributed by atoms with van der Waals surface area (Å²) in [5.74, 6) is 2.26. The van der Waals surface area contributed by atoms with Crippen LogP contribution in [0, 0.1) is 0 Å². The Bertz CT molecular complexity index is 775. The second-order valence-electron chi connectivity index (χ2n) is 7.23. The van der Waals surface area contributed by atoms with Crippen LogP contribution >= 0.6 is 0 Å². The fourth-order valence-electron chi connectivity index (χ4n) is 2.99. The molecule has 0 saturated carbocycles. The lowest BCUT2D eigenvalue weighted by molar-refractivity contribution is 0.294. The van der Waals surface area contributed by atoms with Gasteiger partial charge in [-0.2, -0.15) is 0 Å². The van der Waals surface area contributed by atoms with Gasteiger partial charge in [0.1, 0.15) is 0 Å². The molecule has 8 heteroatoms. The molecular formula is C19H31N3O4S. The minimum atomic E-state index is -3.08. The minimum Gasteiger partial charge on any atom is -0.493 e. The van der Waals surface area contributed by atoms with Crippen LogP contribution in [0.4, 0.5) is 0 Å². The summed E-state index contributed by atoms with van der Waals surface area (Å²) in [7, 11) is 0.255. The summed E-state index contributed by atoms with van der Waals surface area (Å²) >= 11 is 0. The molecule has 7 nitrogen and oxygen atoms in total. The number of methoxy groups -OCH3 is 1. The quantitative estimate of drug-likeness (QED) is 0.585. The summed E-state index contributed by atoms with van der Waals surface area (Å²) in [6, 6.07) is 5.83. The minimum absolute atomic E-state index is 0.137. The number of hydrogen-bond acceptors (Lipinski definition) is 5. The topological polar surface area (TPSA) is 80.2 Å². The van der Waals surface area contributed by atoms with Gasteiger partial charge in [0.15, 0.2) is 27.3 Å². The molecule has 2 rings (SSSR count). The summed E-state index contributed by atoms with van der Waals surface area (Å²) < 4.78 is 34.7. The van der Waals surface area contributed by atoms with Gasteiger partial charge >= 0.3 is 0 Å². The predicted molar refractivity (Wildman–Crippen MR) is 108 cm³/mol. The van der Waals surface area contributed by atoms with Gasteiger partial charge in [-0.05, 0) is 38.0 Å². The Kier molecular flexibility index (Phi) is 6.97. The Hall–Kier alpha value is -1.96. The summed E-state index contributed by atoms with van der Waals surface area (Å²) in [5.41, 5.74) is 1.03. The van der Waals surface area contributed by atoms with E-state index in [-0.39, 0.29) is 5.75 Å². The van der Waals surface area contributed by atoms with Crippen molar-refractivity contribution in [2.24, 2.45) is 4.99 Å². The highest BCUT2D eigenvalue weighted by Gasteiger charge is 2.40. The van der Waals surface area contributed by atoms with Gasteiger partial charge in [0.2, 0.25) is 0 Å². The molecule has 1 aromatic carbocycles. The molecule has 27 heavy (non-hydrogen) atoms. The third-order valence-corrected chi connectivity index (χ3v) is 7.23. The van der Waals surface area contributed by atoms with Crippen LogP contribution in [0.3, 0.4) is 0 Å². The smallest absolute Gasteiger partial charge is 0.193 e. The number of rotatable bonds is 6. The first-order valence-electron chi connectivity index (χ1n) is 9.21. The van der Waals surface area contributed by atoms with Gasteiger partial charge in [0.25, 0.3) is 0 Å². The highest BCUT2D eigenvalue weighted by atomic mass is 32.2. The summed E-state index contributed by atoms with van der Waals surface area (Å²) in [6.07, 6.45) is 0.935. The van der Waals surface area contributed by atoms with Crippen LogP contribution in [0.5, 0.6) is 11.5 Å². The van der Waals surface area contributed by atoms with Gasteiger partial charge < -0.3 is 19.7 Å². The van der Waals surface area contributed by atoms with Gasteiger partial charge in [0.05, 0.1) is 24.2 Å². The van der Waals surface area contributed by atoms with Crippen LogP contribution in [0.2, 0.25) is 0 Å². The number of ether oxygens (including phenoxy) is 2. The fourth-order valence-corrected chi connectivity index (χ4v) is 4.36. The van der Waals surface area contributed by atoms with Gasteiger partial charge in [-0.15, -0.1) is 0 Å². The first-order valence-corrected chi connectivity index (χ1v) is 10.9. The second-order valence-corrected chi connectivity index (χ2v) is 9.98. The molecule has 1 saturated heterocycles. The number of nitrogens with zero attached hydrogens (tertiary/aromatic N) is 2. The zero-order valence-electron chi connectivity index (χ0n) is 16.9. The summed E-state index contributed by atoms with van der Waals surface area (Å²) in [6.45, 7) is 7.66. The molecule has 1 fully saturated rings. The summed E-state index contributed by atoms with van der Waals surface area (Å²) in [4.78, 5) is 6.32. The Morgan fingerprint density at radius 3 is 2.67 bits per heavy atom. The van der Waals surface area contributed by atoms with E-state index < -0.39 is 14.6 Å². The van der Waals surface area contributed by atoms with Crippen molar-refractivity contribution in [2.75, 3.05) is 39.6 Å². The van der Waals surface area contributed by atoms with Gasteiger partial charge in [-0.3, -0.25) is 4.99 Å². The number of aliphatic imine (C=N–C) groups is 1. The molecule has 1 heterocycles. The SMILES string of the molecule is CCCOc1ccc(CNC(=NC)N2CCS(=O)(=O)C(C)(C)C2)cc1OC. The highest BCUT2D eigenvalue weighted by Crippen LogP contribution is 2.28. The molecule has 0 atom stereocenters. The Morgan fingerprint density at radius 2 is 2.07 bits per heavy atom. The zero-order valence-corrected chi connectivity index (χ0v) is 17.7. The van der Waals surface area contributed by atoms with Crippen molar-refractivity contribution in [3.8, 4) is 11.5 Å². The van der Waals surface area contributed by atoms with E-state index in [2.05, 4.69) is 17.2 Å². The molecule has 0 radical (unpaired) electrons. The maximum absolute atomic E-state index is 12.2. The van der Waals surface area contributed by atoms with Gasteiger partial charge in [-0.25, -0.2) is 8.42 Å². The largest absolute Gasteiger partial charge is 0.493 e. The number of benzene rings is 1. The Morgan fingerprint density at radius 1 is 1.33 bits per heavy atom. The van der Waals surface area contributed by atoms with Crippen molar-refractivity contribution in [2.45, 2.75) is 38.5 Å². The molecule has 0 unspecified atom stereocenters. The van der Waals surface area contributed by atoms with E-state index in [0.29, 0.717) is 38.0 Å². The van der Waals surface area contributed by atoms with Crippen molar-refractivity contribution in [3.05, 3.63) is 23.8 Å². The van der Waals surface area contributed by atoms with Crippen molar-refractivity contribution in [1.29, 1.82) is 0 Å². The van der Waals surface area contributed by atoms with Gasteiger partial charge in [0, 0.05) is 26.7 Å². The standard InChI is InChI=1S/C19H31N3O4S/c1-6-10-26-16-8-7-15(12-17(16)25-5)13-21-18(20-4)22-9-11-27(23,24)19(2,3)14-22/h7-8,12H,6,9-11,13-14H2,1-5H3,(H,20,21). The first kappa shape index (κ1) is 21.3. The Balaban J connectivity index is 2.04. The van der Waals surface area contributed by atoms with E-state index in [1.54, 1.807) is 28.0 Å². The molecule has 0 aliphatic carbocycles. The number of nitrogens with one attached hydrogen (secondary N) is 1. The monoisotopic (exact) mass is 397 g/mol. The van der Waals surface area contributed by atoms with E-state index in [9.17, 15) is 8.42 Å². The van der Waals surface area contributed by atoms with Crippen LogP contribution in [0.15, 0.2) is 23.2 Å². The fraction of sp³-hybridized carbons (Fsp3) is 0.632. The van der Waals surface area contributed by atoms with Gasteiger partial charge in [-0.1, -0.05) is 13.0 Å². The Labute approximate surface area is 162 Å².